The number of nitrogens with zero attached hydrogens (tertiary/aromatic N) is 2. The van der Waals surface area contributed by atoms with Gasteiger partial charge in [0.05, 0.1) is 23.5 Å². The van der Waals surface area contributed by atoms with E-state index < -0.39 is 0 Å². The zero-order chi connectivity index (χ0) is 13.8. The molecule has 1 aromatic heterocycles. The summed E-state index contributed by atoms with van der Waals surface area (Å²) in [5, 5.41) is 4.98. The van der Waals surface area contributed by atoms with E-state index in [0.717, 1.165) is 26.6 Å². The minimum absolute atomic E-state index is 0.802. The molecule has 0 bridgehead atoms. The second-order valence-corrected chi connectivity index (χ2v) is 5.98. The van der Waals surface area contributed by atoms with Crippen LogP contribution in [-0.4, -0.2) is 18.3 Å². The van der Waals surface area contributed by atoms with E-state index in [2.05, 4.69) is 31.4 Å². The fourth-order valence-electron chi connectivity index (χ4n) is 1.45. The number of ether oxygens (including phenoxy) is 1. The van der Waals surface area contributed by atoms with Crippen LogP contribution in [0, 0.1) is 13.8 Å². The molecule has 0 aliphatic carbocycles. The molecule has 1 aromatic carbocycles. The van der Waals surface area contributed by atoms with Gasteiger partial charge in [-0.15, -0.1) is 11.3 Å². The summed E-state index contributed by atoms with van der Waals surface area (Å²) < 4.78 is 6.08. The Balaban J connectivity index is 2.04. The molecular weight excluding hydrogens is 326 g/mol. The number of aromatic nitrogens is 1. The number of nitrogens with one attached hydrogen (secondary N) is 1. The second kappa shape index (κ2) is 6.16. The van der Waals surface area contributed by atoms with Crippen molar-refractivity contribution in [3.8, 4) is 5.75 Å². The monoisotopic (exact) mass is 339 g/mol. The van der Waals surface area contributed by atoms with Crippen LogP contribution in [0.25, 0.3) is 0 Å². The van der Waals surface area contributed by atoms with Gasteiger partial charge < -0.3 is 4.74 Å². The van der Waals surface area contributed by atoms with E-state index in [1.807, 2.05) is 32.0 Å². The van der Waals surface area contributed by atoms with Gasteiger partial charge in [0.2, 0.25) is 5.13 Å². The first-order valence-electron chi connectivity index (χ1n) is 5.67. The summed E-state index contributed by atoms with van der Waals surface area (Å²) in [5.41, 5.74) is 4.95. The van der Waals surface area contributed by atoms with Gasteiger partial charge in [0, 0.05) is 4.88 Å². The lowest BCUT2D eigenvalue weighted by molar-refractivity contribution is 0.412. The molecule has 1 N–H and O–H groups in total. The number of anilines is 1. The quantitative estimate of drug-likeness (QED) is 0.677. The molecule has 2 aromatic rings. The largest absolute Gasteiger partial charge is 0.496 e. The highest BCUT2D eigenvalue weighted by atomic mass is 79.9. The number of hydrogen-bond donors (Lipinski definition) is 1. The average Bonchev–Trinajstić information content (AvgIpc) is 2.69. The van der Waals surface area contributed by atoms with Crippen LogP contribution in [0.3, 0.4) is 0 Å². The molecule has 2 rings (SSSR count). The van der Waals surface area contributed by atoms with Crippen LogP contribution >= 0.6 is 27.3 Å². The fraction of sp³-hybridized carbons (Fsp3) is 0.231. The molecule has 0 unspecified atom stereocenters. The number of methoxy groups -OCH3 is 1. The number of hydrogen-bond acceptors (Lipinski definition) is 5. The predicted octanol–water partition coefficient (Wildman–Crippen LogP) is 3.98. The Morgan fingerprint density at radius 3 is 2.79 bits per heavy atom. The third-order valence-corrected chi connectivity index (χ3v) is 4.18. The van der Waals surface area contributed by atoms with E-state index in [1.165, 1.54) is 4.88 Å². The molecule has 0 aliphatic rings. The highest BCUT2D eigenvalue weighted by Crippen LogP contribution is 2.25. The Hall–Kier alpha value is -1.40. The maximum absolute atomic E-state index is 5.17. The molecule has 0 spiro atoms. The SMILES string of the molecule is COc1ccc(/C=N\Nc2nc(C)c(C)s2)cc1Br. The van der Waals surface area contributed by atoms with Crippen molar-refractivity contribution in [2.75, 3.05) is 12.5 Å². The van der Waals surface area contributed by atoms with Crippen molar-refractivity contribution in [1.29, 1.82) is 0 Å². The summed E-state index contributed by atoms with van der Waals surface area (Å²) in [5.74, 6) is 0.802. The van der Waals surface area contributed by atoms with E-state index >= 15 is 0 Å². The van der Waals surface area contributed by atoms with Gasteiger partial charge in [0.15, 0.2) is 0 Å². The molecule has 100 valence electrons. The maximum atomic E-state index is 5.17. The van der Waals surface area contributed by atoms with Crippen LogP contribution in [-0.2, 0) is 0 Å². The molecule has 4 nitrogen and oxygen atoms in total. The first-order chi connectivity index (χ1) is 9.10. The molecule has 0 saturated heterocycles. The molecule has 19 heavy (non-hydrogen) atoms. The van der Waals surface area contributed by atoms with E-state index in [9.17, 15) is 0 Å². The first-order valence-corrected chi connectivity index (χ1v) is 7.27. The van der Waals surface area contributed by atoms with Crippen molar-refractivity contribution in [2.45, 2.75) is 13.8 Å². The minimum atomic E-state index is 0.802. The molecule has 0 atom stereocenters. The number of hydrazone groups is 1. The number of halogens is 1. The average molecular weight is 340 g/mol. The topological polar surface area (TPSA) is 46.5 Å². The van der Waals surface area contributed by atoms with Crippen molar-refractivity contribution in [2.24, 2.45) is 5.10 Å². The highest BCUT2D eigenvalue weighted by Gasteiger charge is 2.02. The second-order valence-electron chi connectivity index (χ2n) is 3.92. The lowest BCUT2D eigenvalue weighted by Gasteiger charge is -2.02. The Morgan fingerprint density at radius 1 is 1.42 bits per heavy atom. The van der Waals surface area contributed by atoms with Crippen LogP contribution in [0.5, 0.6) is 5.75 Å². The zero-order valence-corrected chi connectivity index (χ0v) is 13.3. The van der Waals surface area contributed by atoms with Crippen molar-refractivity contribution in [3.05, 3.63) is 38.8 Å². The molecule has 0 fully saturated rings. The third-order valence-electron chi connectivity index (χ3n) is 2.58. The summed E-state index contributed by atoms with van der Waals surface area (Å²) in [4.78, 5) is 5.55. The van der Waals surface area contributed by atoms with E-state index in [1.54, 1.807) is 24.7 Å². The van der Waals surface area contributed by atoms with Gasteiger partial charge in [-0.05, 0) is 53.5 Å². The van der Waals surface area contributed by atoms with E-state index in [4.69, 9.17) is 4.74 Å². The number of rotatable bonds is 4. The summed E-state index contributed by atoms with van der Waals surface area (Å²) in [6, 6.07) is 5.78. The van der Waals surface area contributed by atoms with Crippen LogP contribution in [0.4, 0.5) is 5.13 Å². The normalized spacial score (nSPS) is 10.9. The molecular formula is C13H14BrN3OS. The lowest BCUT2D eigenvalue weighted by atomic mass is 10.2. The summed E-state index contributed by atoms with van der Waals surface area (Å²) in [6.07, 6.45) is 1.75. The summed E-state index contributed by atoms with van der Waals surface area (Å²) in [6.45, 7) is 4.03. The number of thiazole rings is 1. The van der Waals surface area contributed by atoms with Crippen LogP contribution < -0.4 is 10.2 Å². The van der Waals surface area contributed by atoms with Gasteiger partial charge in [-0.25, -0.2) is 4.98 Å². The first kappa shape index (κ1) is 14.0. The molecule has 0 amide bonds. The van der Waals surface area contributed by atoms with Gasteiger partial charge >= 0.3 is 0 Å². The van der Waals surface area contributed by atoms with Crippen LogP contribution in [0.2, 0.25) is 0 Å². The summed E-state index contributed by atoms with van der Waals surface area (Å²) in [7, 11) is 1.64. The number of benzene rings is 1. The van der Waals surface area contributed by atoms with Crippen molar-refractivity contribution in [1.82, 2.24) is 4.98 Å². The Morgan fingerprint density at radius 2 is 2.21 bits per heavy atom. The van der Waals surface area contributed by atoms with Crippen LogP contribution in [0.1, 0.15) is 16.1 Å². The summed E-state index contributed by atoms with van der Waals surface area (Å²) >= 11 is 5.03. The molecule has 0 saturated carbocycles. The Labute approximate surface area is 124 Å². The van der Waals surface area contributed by atoms with Crippen molar-refractivity contribution < 1.29 is 4.74 Å². The van der Waals surface area contributed by atoms with Gasteiger partial charge in [0.1, 0.15) is 5.75 Å². The molecule has 0 aliphatic heterocycles. The Bertz CT molecular complexity index is 590. The lowest BCUT2D eigenvalue weighted by Crippen LogP contribution is -1.91. The Kier molecular flexibility index (Phi) is 4.55. The maximum Gasteiger partial charge on any atom is 0.203 e. The standard InChI is InChI=1S/C13H14BrN3OS/c1-8-9(2)19-13(16-8)17-15-7-10-4-5-12(18-3)11(14)6-10/h4-7H,1-3H3,(H,16,17)/b15-7-. The third kappa shape index (κ3) is 3.54. The van der Waals surface area contributed by atoms with Gasteiger partial charge in [0.25, 0.3) is 0 Å². The smallest absolute Gasteiger partial charge is 0.203 e. The molecule has 0 radical (unpaired) electrons. The van der Waals surface area contributed by atoms with Gasteiger partial charge in [-0.1, -0.05) is 0 Å². The van der Waals surface area contributed by atoms with Gasteiger partial charge in [-0.2, -0.15) is 5.10 Å². The molecule has 6 heteroatoms. The van der Waals surface area contributed by atoms with Crippen molar-refractivity contribution in [3.63, 3.8) is 0 Å². The van der Waals surface area contributed by atoms with Crippen LogP contribution in [0.15, 0.2) is 27.8 Å². The number of aryl methyl sites for hydroxylation is 2. The van der Waals surface area contributed by atoms with Gasteiger partial charge in [-0.3, -0.25) is 5.43 Å². The van der Waals surface area contributed by atoms with E-state index in [0.29, 0.717) is 0 Å². The molecule has 1 heterocycles. The fourth-order valence-corrected chi connectivity index (χ4v) is 2.77. The minimum Gasteiger partial charge on any atom is -0.496 e. The highest BCUT2D eigenvalue weighted by molar-refractivity contribution is 9.10. The van der Waals surface area contributed by atoms with Crippen molar-refractivity contribution >= 4 is 38.6 Å². The predicted molar refractivity (Wildman–Crippen MR) is 83.5 cm³/mol. The zero-order valence-electron chi connectivity index (χ0n) is 10.9. The van der Waals surface area contributed by atoms with E-state index in [-0.39, 0.29) is 0 Å².